The van der Waals surface area contributed by atoms with Gasteiger partial charge in [-0.1, -0.05) is 35.5 Å². The summed E-state index contributed by atoms with van der Waals surface area (Å²) in [5.74, 6) is -0.0699. The topological polar surface area (TPSA) is 73.0 Å². The Bertz CT molecular complexity index is 1020. The molecule has 1 amide bonds. The Morgan fingerprint density at radius 1 is 1.08 bits per heavy atom. The van der Waals surface area contributed by atoms with Gasteiger partial charge in [-0.15, -0.1) is 0 Å². The smallest absolute Gasteiger partial charge is 0.226 e. The lowest BCUT2D eigenvalue weighted by Crippen LogP contribution is -2.27. The Kier molecular flexibility index (Phi) is 4.47. The van der Waals surface area contributed by atoms with Crippen LogP contribution in [0.3, 0.4) is 0 Å². The maximum Gasteiger partial charge on any atom is 0.226 e. The van der Waals surface area contributed by atoms with Crippen molar-refractivity contribution in [3.05, 3.63) is 78.2 Å². The number of benzene rings is 2. The number of hydrogen-bond acceptors (Lipinski definition) is 4. The molecule has 0 unspecified atom stereocenters. The first-order chi connectivity index (χ1) is 12.8. The van der Waals surface area contributed by atoms with Crippen LogP contribution in [0.5, 0.6) is 0 Å². The van der Waals surface area contributed by atoms with Crippen molar-refractivity contribution in [2.75, 3.05) is 6.54 Å². The van der Waals surface area contributed by atoms with Crippen molar-refractivity contribution in [1.82, 2.24) is 20.3 Å². The SMILES string of the molecule is O=C(Cc1noc2ccccc12)NCCc1cnn(-c2ccccc2)c1. The van der Waals surface area contributed by atoms with Gasteiger partial charge in [0.25, 0.3) is 0 Å². The zero-order valence-corrected chi connectivity index (χ0v) is 14.1. The molecule has 6 heteroatoms. The molecule has 0 aliphatic rings. The van der Waals surface area contributed by atoms with E-state index in [-0.39, 0.29) is 12.3 Å². The second-order valence-corrected chi connectivity index (χ2v) is 6.03. The molecule has 6 nitrogen and oxygen atoms in total. The predicted molar refractivity (Wildman–Crippen MR) is 98.0 cm³/mol. The first kappa shape index (κ1) is 16.1. The molecule has 26 heavy (non-hydrogen) atoms. The van der Waals surface area contributed by atoms with Crippen LogP contribution in [-0.4, -0.2) is 27.4 Å². The largest absolute Gasteiger partial charge is 0.356 e. The summed E-state index contributed by atoms with van der Waals surface area (Å²) in [6, 6.07) is 17.5. The summed E-state index contributed by atoms with van der Waals surface area (Å²) >= 11 is 0. The second kappa shape index (κ2) is 7.23. The molecule has 2 heterocycles. The number of nitrogens with zero attached hydrogens (tertiary/aromatic N) is 3. The summed E-state index contributed by atoms with van der Waals surface area (Å²) in [5, 5.41) is 12.2. The molecule has 1 N–H and O–H groups in total. The van der Waals surface area contributed by atoms with E-state index in [2.05, 4.69) is 15.6 Å². The van der Waals surface area contributed by atoms with Crippen LogP contribution in [0.25, 0.3) is 16.7 Å². The van der Waals surface area contributed by atoms with Crippen molar-refractivity contribution in [3.8, 4) is 5.69 Å². The number of hydrogen-bond donors (Lipinski definition) is 1. The van der Waals surface area contributed by atoms with Crippen molar-refractivity contribution < 1.29 is 9.32 Å². The molecular formula is C20H18N4O2. The zero-order chi connectivity index (χ0) is 17.8. The van der Waals surface area contributed by atoms with Crippen LogP contribution in [0.1, 0.15) is 11.3 Å². The van der Waals surface area contributed by atoms with Gasteiger partial charge in [-0.2, -0.15) is 5.10 Å². The average molecular weight is 346 g/mol. The molecule has 2 aromatic carbocycles. The standard InChI is InChI=1S/C20H18N4O2/c25-20(12-18-17-8-4-5-9-19(17)26-23-18)21-11-10-15-13-22-24(14-15)16-6-2-1-3-7-16/h1-9,13-14H,10-12H2,(H,21,25). The highest BCUT2D eigenvalue weighted by atomic mass is 16.5. The molecule has 4 aromatic rings. The molecule has 2 aromatic heterocycles. The van der Waals surface area contributed by atoms with Gasteiger partial charge in [0.1, 0.15) is 5.69 Å². The minimum Gasteiger partial charge on any atom is -0.356 e. The third kappa shape index (κ3) is 3.49. The molecular weight excluding hydrogens is 328 g/mol. The Balaban J connectivity index is 1.31. The van der Waals surface area contributed by atoms with E-state index in [1.54, 1.807) is 0 Å². The van der Waals surface area contributed by atoms with Gasteiger partial charge in [-0.25, -0.2) is 4.68 Å². The highest BCUT2D eigenvalue weighted by molar-refractivity contribution is 5.86. The maximum absolute atomic E-state index is 12.2. The van der Waals surface area contributed by atoms with Gasteiger partial charge in [-0.3, -0.25) is 4.79 Å². The lowest BCUT2D eigenvalue weighted by Gasteiger charge is -2.03. The molecule has 0 aliphatic carbocycles. The summed E-state index contributed by atoms with van der Waals surface area (Å²) in [6.07, 6.45) is 4.73. The van der Waals surface area contributed by atoms with Gasteiger partial charge in [0.15, 0.2) is 5.58 Å². The van der Waals surface area contributed by atoms with Crippen molar-refractivity contribution in [2.45, 2.75) is 12.8 Å². The molecule has 0 saturated heterocycles. The Morgan fingerprint density at radius 3 is 2.77 bits per heavy atom. The molecule has 0 atom stereocenters. The lowest BCUT2D eigenvalue weighted by atomic mass is 10.1. The fraction of sp³-hybridized carbons (Fsp3) is 0.150. The van der Waals surface area contributed by atoms with Crippen LogP contribution in [0, 0.1) is 0 Å². The van der Waals surface area contributed by atoms with Crippen molar-refractivity contribution in [3.63, 3.8) is 0 Å². The quantitative estimate of drug-likeness (QED) is 0.583. The summed E-state index contributed by atoms with van der Waals surface area (Å²) in [6.45, 7) is 0.551. The molecule has 0 radical (unpaired) electrons. The van der Waals surface area contributed by atoms with E-state index in [9.17, 15) is 4.79 Å². The van der Waals surface area contributed by atoms with Crippen LogP contribution < -0.4 is 5.32 Å². The molecule has 0 saturated carbocycles. The van der Waals surface area contributed by atoms with E-state index in [4.69, 9.17) is 4.52 Å². The van der Waals surface area contributed by atoms with E-state index < -0.39 is 0 Å². The molecule has 0 bridgehead atoms. The Hall–Kier alpha value is -3.41. The number of aromatic nitrogens is 3. The third-order valence-electron chi connectivity index (χ3n) is 4.17. The van der Waals surface area contributed by atoms with Crippen LogP contribution in [0.15, 0.2) is 71.5 Å². The van der Waals surface area contributed by atoms with E-state index in [0.29, 0.717) is 17.8 Å². The monoisotopic (exact) mass is 346 g/mol. The number of para-hydroxylation sites is 2. The van der Waals surface area contributed by atoms with E-state index in [1.807, 2.05) is 71.7 Å². The van der Waals surface area contributed by atoms with Gasteiger partial charge in [0, 0.05) is 18.1 Å². The van der Waals surface area contributed by atoms with E-state index in [1.165, 1.54) is 0 Å². The van der Waals surface area contributed by atoms with Crippen LogP contribution >= 0.6 is 0 Å². The first-order valence-corrected chi connectivity index (χ1v) is 8.48. The molecule has 4 rings (SSSR count). The minimum absolute atomic E-state index is 0.0699. The number of fused-ring (bicyclic) bond motifs is 1. The van der Waals surface area contributed by atoms with Gasteiger partial charge >= 0.3 is 0 Å². The van der Waals surface area contributed by atoms with Crippen LogP contribution in [0.4, 0.5) is 0 Å². The number of carbonyl (C=O) groups excluding carboxylic acids is 1. The zero-order valence-electron chi connectivity index (χ0n) is 14.1. The fourth-order valence-corrected chi connectivity index (χ4v) is 2.84. The Morgan fingerprint density at radius 2 is 1.88 bits per heavy atom. The normalized spacial score (nSPS) is 10.9. The maximum atomic E-state index is 12.2. The average Bonchev–Trinajstić information content (AvgIpc) is 3.30. The van der Waals surface area contributed by atoms with Gasteiger partial charge in [-0.05, 0) is 36.2 Å². The molecule has 0 fully saturated rings. The highest BCUT2D eigenvalue weighted by Crippen LogP contribution is 2.18. The van der Waals surface area contributed by atoms with Crippen molar-refractivity contribution in [1.29, 1.82) is 0 Å². The molecule has 0 spiro atoms. The summed E-state index contributed by atoms with van der Waals surface area (Å²) < 4.78 is 7.06. The van der Waals surface area contributed by atoms with Crippen molar-refractivity contribution >= 4 is 16.9 Å². The van der Waals surface area contributed by atoms with Gasteiger partial charge in [0.05, 0.1) is 18.3 Å². The first-order valence-electron chi connectivity index (χ1n) is 8.48. The second-order valence-electron chi connectivity index (χ2n) is 6.03. The van der Waals surface area contributed by atoms with Gasteiger partial charge in [0.2, 0.25) is 5.91 Å². The number of carbonyl (C=O) groups is 1. The van der Waals surface area contributed by atoms with E-state index >= 15 is 0 Å². The van der Waals surface area contributed by atoms with Crippen molar-refractivity contribution in [2.24, 2.45) is 0 Å². The fourth-order valence-electron chi connectivity index (χ4n) is 2.84. The highest BCUT2D eigenvalue weighted by Gasteiger charge is 2.11. The van der Waals surface area contributed by atoms with Crippen LogP contribution in [-0.2, 0) is 17.6 Å². The third-order valence-corrected chi connectivity index (χ3v) is 4.17. The number of rotatable bonds is 6. The summed E-state index contributed by atoms with van der Waals surface area (Å²) in [4.78, 5) is 12.2. The summed E-state index contributed by atoms with van der Waals surface area (Å²) in [5.41, 5.74) is 3.44. The number of amides is 1. The molecule has 0 aliphatic heterocycles. The molecule has 130 valence electrons. The van der Waals surface area contributed by atoms with Crippen LogP contribution in [0.2, 0.25) is 0 Å². The number of nitrogens with one attached hydrogen (secondary N) is 1. The minimum atomic E-state index is -0.0699. The predicted octanol–water partition coefficient (Wildman–Crippen LogP) is 2.91. The van der Waals surface area contributed by atoms with E-state index in [0.717, 1.165) is 23.1 Å². The Labute approximate surface area is 150 Å². The van der Waals surface area contributed by atoms with Gasteiger partial charge < -0.3 is 9.84 Å². The summed E-state index contributed by atoms with van der Waals surface area (Å²) in [7, 11) is 0. The lowest BCUT2D eigenvalue weighted by molar-refractivity contribution is -0.120.